The zero-order valence-electron chi connectivity index (χ0n) is 30.7. The van der Waals surface area contributed by atoms with Crippen LogP contribution in [0.3, 0.4) is 0 Å². The van der Waals surface area contributed by atoms with Crippen molar-refractivity contribution in [1.29, 1.82) is 0 Å². The predicted molar refractivity (Wildman–Crippen MR) is 240 cm³/mol. The van der Waals surface area contributed by atoms with Gasteiger partial charge in [0.05, 0.1) is 22.4 Å². The maximum atomic E-state index is 6.33. The van der Waals surface area contributed by atoms with Crippen molar-refractivity contribution in [1.82, 2.24) is 9.55 Å². The maximum Gasteiger partial charge on any atom is 0.136 e. The smallest absolute Gasteiger partial charge is 0.136 e. The number of aromatic nitrogens is 2. The minimum atomic E-state index is 0.864. The van der Waals surface area contributed by atoms with Gasteiger partial charge in [0, 0.05) is 58.5 Å². The van der Waals surface area contributed by atoms with Crippen LogP contribution >= 0.6 is 11.3 Å². The van der Waals surface area contributed by atoms with E-state index in [0.717, 1.165) is 55.6 Å². The van der Waals surface area contributed by atoms with E-state index in [2.05, 4.69) is 187 Å². The molecule has 0 fully saturated rings. The van der Waals surface area contributed by atoms with Crippen LogP contribution in [0.5, 0.6) is 0 Å². The Hall–Kier alpha value is -7.27. The lowest BCUT2D eigenvalue weighted by Gasteiger charge is -2.12. The summed E-state index contributed by atoms with van der Waals surface area (Å²) >= 11 is 1.84. The van der Waals surface area contributed by atoms with E-state index in [-0.39, 0.29) is 0 Å². The summed E-state index contributed by atoms with van der Waals surface area (Å²) in [4.78, 5) is 5.43. The molecule has 0 saturated heterocycles. The topological polar surface area (TPSA) is 31.0 Å². The Bertz CT molecular complexity index is 3520. The second-order valence-electron chi connectivity index (χ2n) is 14.7. The molecule has 0 atom stereocenters. The SMILES string of the molecule is c1ccc(-c2cc(-c3ccc4c(c3)oc3ccccc34)nc(-c3cccc4sc5ccc(-c6ccc7c(c6)c6ccccc6n7-c6ccccc6)cc5c34)c2)cc1. The molecule has 0 amide bonds. The molecule has 3 nitrogen and oxygen atoms in total. The molecule has 266 valence electrons. The largest absolute Gasteiger partial charge is 0.456 e. The first-order valence-corrected chi connectivity index (χ1v) is 20.1. The van der Waals surface area contributed by atoms with Crippen molar-refractivity contribution in [2.75, 3.05) is 0 Å². The zero-order chi connectivity index (χ0) is 37.5. The van der Waals surface area contributed by atoms with Crippen molar-refractivity contribution in [3.05, 3.63) is 194 Å². The fraction of sp³-hybridized carbons (Fsp3) is 0. The first kappa shape index (κ1) is 32.0. The van der Waals surface area contributed by atoms with Crippen LogP contribution in [0, 0.1) is 0 Å². The Morgan fingerprint density at radius 3 is 1.95 bits per heavy atom. The van der Waals surface area contributed by atoms with Gasteiger partial charge in [-0.3, -0.25) is 0 Å². The highest BCUT2D eigenvalue weighted by Crippen LogP contribution is 2.43. The predicted octanol–water partition coefficient (Wildman–Crippen LogP) is 15.1. The molecule has 0 spiro atoms. The summed E-state index contributed by atoms with van der Waals surface area (Å²) in [6, 6.07) is 69.6. The van der Waals surface area contributed by atoms with Crippen molar-refractivity contribution in [3.8, 4) is 50.5 Å². The molecule has 12 aromatic rings. The quantitative estimate of drug-likeness (QED) is 0.176. The average Bonchev–Trinajstić information content (AvgIpc) is 3.95. The van der Waals surface area contributed by atoms with E-state index in [0.29, 0.717) is 0 Å². The third-order valence-corrected chi connectivity index (χ3v) is 12.5. The van der Waals surface area contributed by atoms with E-state index < -0.39 is 0 Å². The van der Waals surface area contributed by atoms with Gasteiger partial charge in [-0.1, -0.05) is 115 Å². The molecule has 0 unspecified atom stereocenters. The molecule has 4 aromatic heterocycles. The Morgan fingerprint density at radius 2 is 1.07 bits per heavy atom. The molecule has 0 N–H and O–H groups in total. The van der Waals surface area contributed by atoms with Crippen molar-refractivity contribution < 1.29 is 4.42 Å². The van der Waals surface area contributed by atoms with Gasteiger partial charge >= 0.3 is 0 Å². The lowest BCUT2D eigenvalue weighted by molar-refractivity contribution is 0.669. The number of rotatable bonds is 5. The van der Waals surface area contributed by atoms with Crippen LogP contribution in [0.4, 0.5) is 0 Å². The lowest BCUT2D eigenvalue weighted by Crippen LogP contribution is -1.92. The molecule has 4 heteroatoms. The number of nitrogens with zero attached hydrogens (tertiary/aromatic N) is 2. The van der Waals surface area contributed by atoms with Gasteiger partial charge < -0.3 is 8.98 Å². The summed E-state index contributed by atoms with van der Waals surface area (Å²) < 4.78 is 11.2. The molecule has 0 aliphatic rings. The third-order valence-electron chi connectivity index (χ3n) is 11.4. The molecule has 0 bridgehead atoms. The number of furan rings is 1. The van der Waals surface area contributed by atoms with Crippen molar-refractivity contribution in [2.24, 2.45) is 0 Å². The second kappa shape index (κ2) is 12.6. The molecule has 0 aliphatic heterocycles. The standard InChI is InChI=1S/C53H32N2OS/c1-3-12-33(13-4-1)37-30-45(36-22-25-41-40-17-8-10-20-49(40)56-50(41)32-36)54-46(31-37)42-18-11-21-52-53(42)44-29-35(24-27-51(44)57-52)34-23-26-48-43(28-34)39-16-7-9-19-47(39)55(48)38-14-5-2-6-15-38/h1-32H. The molecule has 0 aliphatic carbocycles. The second-order valence-corrected chi connectivity index (χ2v) is 15.8. The minimum absolute atomic E-state index is 0.864. The van der Waals surface area contributed by atoms with E-state index in [1.807, 2.05) is 23.5 Å². The number of para-hydroxylation sites is 3. The summed E-state index contributed by atoms with van der Waals surface area (Å²) in [5, 5.41) is 7.21. The highest BCUT2D eigenvalue weighted by molar-refractivity contribution is 7.26. The minimum Gasteiger partial charge on any atom is -0.456 e. The first-order valence-electron chi connectivity index (χ1n) is 19.3. The number of thiophene rings is 1. The molecular weight excluding hydrogens is 713 g/mol. The van der Waals surface area contributed by atoms with E-state index in [4.69, 9.17) is 9.40 Å². The summed E-state index contributed by atoms with van der Waals surface area (Å²) in [7, 11) is 0. The Balaban J connectivity index is 1.03. The van der Waals surface area contributed by atoms with Crippen LogP contribution < -0.4 is 0 Å². The van der Waals surface area contributed by atoms with E-state index in [9.17, 15) is 0 Å². The number of hydrogen-bond donors (Lipinski definition) is 0. The summed E-state index contributed by atoms with van der Waals surface area (Å²) in [6.45, 7) is 0. The fourth-order valence-corrected chi connectivity index (χ4v) is 9.84. The van der Waals surface area contributed by atoms with Crippen LogP contribution in [-0.4, -0.2) is 9.55 Å². The van der Waals surface area contributed by atoms with Gasteiger partial charge in [-0.15, -0.1) is 11.3 Å². The van der Waals surface area contributed by atoms with Gasteiger partial charge in [-0.25, -0.2) is 4.98 Å². The number of fused-ring (bicyclic) bond motifs is 9. The summed E-state index contributed by atoms with van der Waals surface area (Å²) in [5.74, 6) is 0. The highest BCUT2D eigenvalue weighted by atomic mass is 32.1. The van der Waals surface area contributed by atoms with Crippen LogP contribution in [0.2, 0.25) is 0 Å². The van der Waals surface area contributed by atoms with Crippen LogP contribution in [0.1, 0.15) is 0 Å². The zero-order valence-corrected chi connectivity index (χ0v) is 31.5. The van der Waals surface area contributed by atoms with E-state index >= 15 is 0 Å². The lowest BCUT2D eigenvalue weighted by atomic mass is 9.96. The normalized spacial score (nSPS) is 11.9. The number of pyridine rings is 1. The van der Waals surface area contributed by atoms with Crippen molar-refractivity contribution >= 4 is 75.3 Å². The van der Waals surface area contributed by atoms with Gasteiger partial charge in [0.1, 0.15) is 11.2 Å². The highest BCUT2D eigenvalue weighted by Gasteiger charge is 2.18. The van der Waals surface area contributed by atoms with E-state index in [1.54, 1.807) is 0 Å². The molecule has 0 radical (unpaired) electrons. The molecule has 12 rings (SSSR count). The van der Waals surface area contributed by atoms with Gasteiger partial charge in [-0.2, -0.15) is 0 Å². The molecule has 8 aromatic carbocycles. The number of hydrogen-bond acceptors (Lipinski definition) is 3. The van der Waals surface area contributed by atoms with Crippen molar-refractivity contribution in [3.63, 3.8) is 0 Å². The van der Waals surface area contributed by atoms with Crippen LogP contribution in [-0.2, 0) is 0 Å². The van der Waals surface area contributed by atoms with Crippen LogP contribution in [0.25, 0.3) is 114 Å². The Kier molecular flexibility index (Phi) is 7.10. The Morgan fingerprint density at radius 1 is 0.386 bits per heavy atom. The van der Waals surface area contributed by atoms with Gasteiger partial charge in [0.2, 0.25) is 0 Å². The van der Waals surface area contributed by atoms with Crippen molar-refractivity contribution in [2.45, 2.75) is 0 Å². The molecule has 4 heterocycles. The first-order chi connectivity index (χ1) is 28.2. The van der Waals surface area contributed by atoms with Gasteiger partial charge in [0.25, 0.3) is 0 Å². The third kappa shape index (κ3) is 5.15. The summed E-state index contributed by atoms with van der Waals surface area (Å²) in [6.07, 6.45) is 0. The molecule has 0 saturated carbocycles. The van der Waals surface area contributed by atoms with Crippen LogP contribution in [0.15, 0.2) is 199 Å². The maximum absolute atomic E-state index is 6.33. The van der Waals surface area contributed by atoms with Gasteiger partial charge in [0.15, 0.2) is 0 Å². The number of benzene rings is 8. The van der Waals surface area contributed by atoms with E-state index in [1.165, 1.54) is 58.8 Å². The fourth-order valence-electron chi connectivity index (χ4n) is 8.73. The summed E-state index contributed by atoms with van der Waals surface area (Å²) in [5.41, 5.74) is 14.0. The monoisotopic (exact) mass is 744 g/mol. The Labute approximate surface area is 332 Å². The molecule has 57 heavy (non-hydrogen) atoms. The molecular formula is C53H32N2OS. The van der Waals surface area contributed by atoms with Gasteiger partial charge in [-0.05, 0) is 101 Å². The average molecular weight is 745 g/mol.